The van der Waals surface area contributed by atoms with Crippen LogP contribution in [-0.4, -0.2) is 57.7 Å². The molecule has 16 heavy (non-hydrogen) atoms. The Hall–Kier alpha value is -0.820. The molecular formula is C9H14N4OS2. The molecule has 0 bridgehead atoms. The van der Waals surface area contributed by atoms with Crippen LogP contribution in [0.15, 0.2) is 6.20 Å². The van der Waals surface area contributed by atoms with Gasteiger partial charge in [0.2, 0.25) is 5.91 Å². The molecular weight excluding hydrogens is 244 g/mol. The van der Waals surface area contributed by atoms with Crippen LogP contribution < -0.4 is 4.90 Å². The van der Waals surface area contributed by atoms with Crippen LogP contribution in [0.5, 0.6) is 0 Å². The van der Waals surface area contributed by atoms with Gasteiger partial charge in [0.1, 0.15) is 0 Å². The highest BCUT2D eigenvalue weighted by molar-refractivity contribution is 7.99. The van der Waals surface area contributed by atoms with Gasteiger partial charge < -0.3 is 9.80 Å². The number of hydrogen-bond acceptors (Lipinski definition) is 6. The van der Waals surface area contributed by atoms with Gasteiger partial charge in [-0.2, -0.15) is 20.5 Å². The number of amides is 1. The number of rotatable bonds is 3. The van der Waals surface area contributed by atoms with Crippen molar-refractivity contribution in [1.82, 2.24) is 13.6 Å². The number of aromatic nitrogens is 2. The average Bonchev–Trinajstić information content (AvgIpc) is 2.83. The fourth-order valence-electron chi connectivity index (χ4n) is 1.70. The van der Waals surface area contributed by atoms with Crippen LogP contribution >= 0.6 is 23.5 Å². The number of nitrogens with zero attached hydrogens (tertiary/aromatic N) is 4. The van der Waals surface area contributed by atoms with Gasteiger partial charge in [-0.1, -0.05) is 0 Å². The lowest BCUT2D eigenvalue weighted by Gasteiger charge is -2.34. The predicted molar refractivity (Wildman–Crippen MR) is 67.1 cm³/mol. The molecule has 0 saturated carbocycles. The normalized spacial score (nSPS) is 16.6. The number of hydrogen-bond donors (Lipinski definition) is 0. The van der Waals surface area contributed by atoms with Crippen molar-refractivity contribution in [2.45, 2.75) is 0 Å². The van der Waals surface area contributed by atoms with Crippen molar-refractivity contribution in [2.24, 2.45) is 0 Å². The van der Waals surface area contributed by atoms with Crippen LogP contribution in [0.4, 0.5) is 5.82 Å². The summed E-state index contributed by atoms with van der Waals surface area (Å²) < 4.78 is 8.18. The van der Waals surface area contributed by atoms with Crippen LogP contribution in [-0.2, 0) is 4.79 Å². The molecule has 1 aromatic rings. The number of carbonyl (C=O) groups is 1. The standard InChI is InChI=1S/C9H14N4OS2/c1-15-7-9(14)13-4-2-12(3-5-13)8-6-10-16-11-8/h6H,2-5,7H2,1H3. The van der Waals surface area contributed by atoms with Crippen molar-refractivity contribution < 1.29 is 4.79 Å². The maximum Gasteiger partial charge on any atom is 0.232 e. The van der Waals surface area contributed by atoms with E-state index in [1.807, 2.05) is 11.2 Å². The molecule has 0 radical (unpaired) electrons. The minimum absolute atomic E-state index is 0.239. The molecule has 0 spiro atoms. The molecule has 1 aliphatic heterocycles. The number of anilines is 1. The molecule has 1 fully saturated rings. The summed E-state index contributed by atoms with van der Waals surface area (Å²) >= 11 is 2.80. The second-order valence-corrected chi connectivity index (χ2v) is 4.99. The number of carbonyl (C=O) groups excluding carboxylic acids is 1. The molecule has 1 saturated heterocycles. The highest BCUT2D eigenvalue weighted by Crippen LogP contribution is 2.13. The lowest BCUT2D eigenvalue weighted by molar-refractivity contribution is -0.128. The van der Waals surface area contributed by atoms with Gasteiger partial charge in [-0.3, -0.25) is 4.79 Å². The van der Waals surface area contributed by atoms with Crippen LogP contribution in [0.3, 0.4) is 0 Å². The summed E-state index contributed by atoms with van der Waals surface area (Å²) in [5.74, 6) is 1.75. The van der Waals surface area contributed by atoms with Crippen molar-refractivity contribution >= 4 is 35.2 Å². The first-order valence-corrected chi connectivity index (χ1v) is 7.23. The van der Waals surface area contributed by atoms with E-state index in [-0.39, 0.29) is 5.91 Å². The fourth-order valence-corrected chi connectivity index (χ4v) is 2.56. The Morgan fingerprint density at radius 1 is 1.50 bits per heavy atom. The van der Waals surface area contributed by atoms with Gasteiger partial charge in [0.25, 0.3) is 0 Å². The van der Waals surface area contributed by atoms with E-state index in [4.69, 9.17) is 0 Å². The Kier molecular flexibility index (Phi) is 4.00. The maximum absolute atomic E-state index is 11.7. The quantitative estimate of drug-likeness (QED) is 0.792. The molecule has 0 unspecified atom stereocenters. The van der Waals surface area contributed by atoms with Gasteiger partial charge in [-0.15, -0.1) is 0 Å². The van der Waals surface area contributed by atoms with E-state index in [1.165, 1.54) is 11.7 Å². The van der Waals surface area contributed by atoms with Crippen LogP contribution in [0.1, 0.15) is 0 Å². The van der Waals surface area contributed by atoms with Crippen molar-refractivity contribution in [3.63, 3.8) is 0 Å². The molecule has 0 aromatic carbocycles. The third-order valence-electron chi connectivity index (χ3n) is 2.57. The topological polar surface area (TPSA) is 49.3 Å². The highest BCUT2D eigenvalue weighted by Gasteiger charge is 2.21. The van der Waals surface area contributed by atoms with Crippen LogP contribution in [0.2, 0.25) is 0 Å². The van der Waals surface area contributed by atoms with Gasteiger partial charge in [0, 0.05) is 26.2 Å². The number of thioether (sulfide) groups is 1. The fraction of sp³-hybridized carbons (Fsp3) is 0.667. The summed E-state index contributed by atoms with van der Waals surface area (Å²) in [4.78, 5) is 15.7. The Bertz CT molecular complexity index is 335. The average molecular weight is 258 g/mol. The van der Waals surface area contributed by atoms with E-state index in [0.29, 0.717) is 5.75 Å². The Morgan fingerprint density at radius 2 is 2.25 bits per heavy atom. The second-order valence-electron chi connectivity index (χ2n) is 3.57. The van der Waals surface area contributed by atoms with Gasteiger partial charge in [-0.05, 0) is 6.26 Å². The Balaban J connectivity index is 1.85. The first-order chi connectivity index (χ1) is 7.81. The van der Waals surface area contributed by atoms with E-state index in [9.17, 15) is 4.79 Å². The molecule has 7 heteroatoms. The molecule has 2 heterocycles. The summed E-state index contributed by atoms with van der Waals surface area (Å²) in [5.41, 5.74) is 0. The van der Waals surface area contributed by atoms with Crippen molar-refractivity contribution in [1.29, 1.82) is 0 Å². The highest BCUT2D eigenvalue weighted by atomic mass is 32.2. The Morgan fingerprint density at radius 3 is 2.81 bits per heavy atom. The lowest BCUT2D eigenvalue weighted by Crippen LogP contribution is -2.49. The molecule has 0 atom stereocenters. The zero-order valence-corrected chi connectivity index (χ0v) is 10.8. The monoisotopic (exact) mass is 258 g/mol. The lowest BCUT2D eigenvalue weighted by atomic mass is 10.3. The Labute approximate surface area is 103 Å². The summed E-state index contributed by atoms with van der Waals surface area (Å²) in [7, 11) is 0. The van der Waals surface area contributed by atoms with Gasteiger partial charge in [0.05, 0.1) is 23.7 Å². The van der Waals surface area contributed by atoms with Crippen LogP contribution in [0.25, 0.3) is 0 Å². The summed E-state index contributed by atoms with van der Waals surface area (Å²) in [6.45, 7) is 3.28. The van der Waals surface area contributed by atoms with E-state index >= 15 is 0 Å². The maximum atomic E-state index is 11.7. The van der Waals surface area contributed by atoms with Crippen molar-refractivity contribution in [2.75, 3.05) is 43.1 Å². The van der Waals surface area contributed by atoms with E-state index in [1.54, 1.807) is 18.0 Å². The van der Waals surface area contributed by atoms with Crippen molar-refractivity contribution in [3.8, 4) is 0 Å². The van der Waals surface area contributed by atoms with E-state index in [0.717, 1.165) is 32.0 Å². The molecule has 88 valence electrons. The molecule has 2 rings (SSSR count). The molecule has 1 aromatic heterocycles. The van der Waals surface area contributed by atoms with Gasteiger partial charge >= 0.3 is 0 Å². The minimum atomic E-state index is 0.239. The SMILES string of the molecule is CSCC(=O)N1CCN(c2cnsn2)CC1. The van der Waals surface area contributed by atoms with Crippen LogP contribution in [0, 0.1) is 0 Å². The summed E-state index contributed by atoms with van der Waals surface area (Å²) in [5, 5.41) is 0. The number of piperazine rings is 1. The summed E-state index contributed by atoms with van der Waals surface area (Å²) in [6.07, 6.45) is 3.74. The van der Waals surface area contributed by atoms with Gasteiger partial charge in [-0.25, -0.2) is 0 Å². The molecule has 0 aliphatic carbocycles. The predicted octanol–water partition coefficient (Wildman–Crippen LogP) is 0.550. The largest absolute Gasteiger partial charge is 0.351 e. The zero-order chi connectivity index (χ0) is 11.4. The molecule has 1 aliphatic rings. The zero-order valence-electron chi connectivity index (χ0n) is 9.13. The third kappa shape index (κ3) is 2.65. The molecule has 1 amide bonds. The first kappa shape index (κ1) is 11.7. The minimum Gasteiger partial charge on any atom is -0.351 e. The first-order valence-electron chi connectivity index (χ1n) is 5.10. The molecule has 5 nitrogen and oxygen atoms in total. The third-order valence-corrected chi connectivity index (χ3v) is 3.58. The second kappa shape index (κ2) is 5.49. The summed E-state index contributed by atoms with van der Waals surface area (Å²) in [6, 6.07) is 0. The smallest absolute Gasteiger partial charge is 0.232 e. The van der Waals surface area contributed by atoms with Gasteiger partial charge in [0.15, 0.2) is 5.82 Å². The van der Waals surface area contributed by atoms with E-state index in [2.05, 4.69) is 13.6 Å². The van der Waals surface area contributed by atoms with Crippen molar-refractivity contribution in [3.05, 3.63) is 6.20 Å². The van der Waals surface area contributed by atoms with E-state index < -0.39 is 0 Å². The molecule has 0 N–H and O–H groups in total.